The van der Waals surface area contributed by atoms with E-state index in [1.165, 1.54) is 12.2 Å². The highest BCUT2D eigenvalue weighted by Gasteiger charge is 2.00. The van der Waals surface area contributed by atoms with Crippen molar-refractivity contribution in [1.29, 1.82) is 0 Å². The minimum atomic E-state index is -0.470. The van der Waals surface area contributed by atoms with Crippen molar-refractivity contribution in [3.8, 4) is 0 Å². The minimum absolute atomic E-state index is 0.401. The van der Waals surface area contributed by atoms with E-state index in [0.29, 0.717) is 10.0 Å². The first-order valence-electron chi connectivity index (χ1n) is 7.01. The molecule has 0 atom stereocenters. The van der Waals surface area contributed by atoms with Gasteiger partial charge < -0.3 is 0 Å². The molecule has 0 aliphatic heterocycles. The van der Waals surface area contributed by atoms with Gasteiger partial charge in [-0.05, 0) is 35.4 Å². The Morgan fingerprint density at radius 3 is 1.92 bits per heavy atom. The summed E-state index contributed by atoms with van der Waals surface area (Å²) in [5.74, 6) is -0.905. The highest BCUT2D eigenvalue weighted by molar-refractivity contribution is 6.42. The molecule has 2 amide bonds. The van der Waals surface area contributed by atoms with Gasteiger partial charge in [0.25, 0.3) is 11.8 Å². The van der Waals surface area contributed by atoms with E-state index in [9.17, 15) is 9.59 Å². The van der Waals surface area contributed by atoms with E-state index in [1.807, 2.05) is 30.3 Å². The van der Waals surface area contributed by atoms with Crippen molar-refractivity contribution in [1.82, 2.24) is 10.9 Å². The first-order chi connectivity index (χ1) is 11.5. The van der Waals surface area contributed by atoms with Crippen molar-refractivity contribution in [2.24, 2.45) is 0 Å². The fourth-order valence-electron chi connectivity index (χ4n) is 1.73. The normalized spacial score (nSPS) is 10.9. The molecule has 2 aromatic rings. The van der Waals surface area contributed by atoms with Crippen LogP contribution in [0, 0.1) is 0 Å². The molecule has 0 heterocycles. The summed E-state index contributed by atoms with van der Waals surface area (Å²) in [4.78, 5) is 23.3. The zero-order chi connectivity index (χ0) is 17.4. The van der Waals surface area contributed by atoms with Crippen molar-refractivity contribution in [3.05, 3.63) is 81.9 Å². The summed E-state index contributed by atoms with van der Waals surface area (Å²) >= 11 is 11.7. The lowest BCUT2D eigenvalue weighted by Crippen LogP contribution is -2.39. The van der Waals surface area contributed by atoms with Gasteiger partial charge in [-0.3, -0.25) is 20.4 Å². The zero-order valence-corrected chi connectivity index (χ0v) is 14.0. The van der Waals surface area contributed by atoms with Crippen LogP contribution in [0.5, 0.6) is 0 Å². The SMILES string of the molecule is O=C(C=Cc1ccccc1)NNC(=O)/C=C/c1ccc(Cl)c(Cl)c1. The number of benzene rings is 2. The second-order valence-electron chi connectivity index (χ2n) is 4.73. The average molecular weight is 361 g/mol. The Balaban J connectivity index is 1.82. The van der Waals surface area contributed by atoms with Crippen molar-refractivity contribution in [2.75, 3.05) is 0 Å². The molecule has 2 N–H and O–H groups in total. The summed E-state index contributed by atoms with van der Waals surface area (Å²) in [5, 5.41) is 0.842. The third-order valence-electron chi connectivity index (χ3n) is 2.91. The second kappa shape index (κ2) is 8.91. The van der Waals surface area contributed by atoms with E-state index in [-0.39, 0.29) is 0 Å². The van der Waals surface area contributed by atoms with Crippen LogP contribution in [0.3, 0.4) is 0 Å². The molecule has 2 rings (SSSR count). The lowest BCUT2D eigenvalue weighted by atomic mass is 10.2. The van der Waals surface area contributed by atoms with Gasteiger partial charge >= 0.3 is 0 Å². The van der Waals surface area contributed by atoms with Gasteiger partial charge in [0.2, 0.25) is 0 Å². The maximum absolute atomic E-state index is 11.7. The van der Waals surface area contributed by atoms with Crippen molar-refractivity contribution in [2.45, 2.75) is 0 Å². The highest BCUT2D eigenvalue weighted by Crippen LogP contribution is 2.22. The number of hydrogen-bond donors (Lipinski definition) is 2. The minimum Gasteiger partial charge on any atom is -0.268 e. The number of nitrogens with one attached hydrogen (secondary N) is 2. The van der Waals surface area contributed by atoms with Crippen molar-refractivity contribution < 1.29 is 9.59 Å². The van der Waals surface area contributed by atoms with Gasteiger partial charge in [0.1, 0.15) is 0 Å². The van der Waals surface area contributed by atoms with Gasteiger partial charge in [-0.15, -0.1) is 0 Å². The molecule has 24 heavy (non-hydrogen) atoms. The summed E-state index contributed by atoms with van der Waals surface area (Å²) in [5.41, 5.74) is 6.17. The Kier molecular flexibility index (Phi) is 6.61. The molecule has 2 aromatic carbocycles. The monoisotopic (exact) mass is 360 g/mol. The molecule has 0 radical (unpaired) electrons. The molecule has 122 valence electrons. The van der Waals surface area contributed by atoms with Crippen LogP contribution in [0.2, 0.25) is 10.0 Å². The zero-order valence-electron chi connectivity index (χ0n) is 12.5. The first-order valence-corrected chi connectivity index (χ1v) is 7.76. The van der Waals surface area contributed by atoms with Gasteiger partial charge in [-0.2, -0.15) is 0 Å². The lowest BCUT2D eigenvalue weighted by Gasteiger charge is -2.02. The predicted molar refractivity (Wildman–Crippen MR) is 97.3 cm³/mol. The molecule has 6 heteroatoms. The highest BCUT2D eigenvalue weighted by atomic mass is 35.5. The molecule has 0 saturated carbocycles. The summed E-state index contributed by atoms with van der Waals surface area (Å²) in [6.45, 7) is 0. The summed E-state index contributed by atoms with van der Waals surface area (Å²) in [7, 11) is 0. The Labute approximate surface area is 149 Å². The van der Waals surface area contributed by atoms with E-state index in [0.717, 1.165) is 11.1 Å². The quantitative estimate of drug-likeness (QED) is 0.642. The molecule has 0 bridgehead atoms. The maximum Gasteiger partial charge on any atom is 0.262 e. The topological polar surface area (TPSA) is 58.2 Å². The molecule has 4 nitrogen and oxygen atoms in total. The van der Waals surface area contributed by atoms with Crippen LogP contribution in [0.15, 0.2) is 60.7 Å². The van der Waals surface area contributed by atoms with Gasteiger partial charge in [0.05, 0.1) is 10.0 Å². The second-order valence-corrected chi connectivity index (χ2v) is 5.54. The fourth-order valence-corrected chi connectivity index (χ4v) is 2.04. The number of halogens is 2. The van der Waals surface area contributed by atoms with Crippen LogP contribution in [0.4, 0.5) is 0 Å². The van der Waals surface area contributed by atoms with Gasteiger partial charge in [0, 0.05) is 12.2 Å². The standard InChI is InChI=1S/C18H14Cl2N2O2/c19-15-9-6-14(12-16(15)20)8-11-18(24)22-21-17(23)10-7-13-4-2-1-3-5-13/h1-12H,(H,21,23)(H,22,24)/b10-7?,11-8+. The Morgan fingerprint density at radius 1 is 0.750 bits per heavy atom. The molecular formula is C18H14Cl2N2O2. The molecule has 0 spiro atoms. The van der Waals surface area contributed by atoms with Crippen LogP contribution >= 0.6 is 23.2 Å². The number of rotatable bonds is 4. The van der Waals surface area contributed by atoms with E-state index < -0.39 is 11.8 Å². The largest absolute Gasteiger partial charge is 0.268 e. The summed E-state index contributed by atoms with van der Waals surface area (Å²) < 4.78 is 0. The Morgan fingerprint density at radius 2 is 1.33 bits per heavy atom. The van der Waals surface area contributed by atoms with Crippen LogP contribution in [0.1, 0.15) is 11.1 Å². The summed E-state index contributed by atoms with van der Waals surface area (Å²) in [6.07, 6.45) is 5.82. The van der Waals surface area contributed by atoms with E-state index in [2.05, 4.69) is 10.9 Å². The van der Waals surface area contributed by atoms with Crippen molar-refractivity contribution in [3.63, 3.8) is 0 Å². The number of amides is 2. The van der Waals surface area contributed by atoms with Gasteiger partial charge in [-0.25, -0.2) is 0 Å². The van der Waals surface area contributed by atoms with E-state index in [4.69, 9.17) is 23.2 Å². The molecule has 0 fully saturated rings. The Hall–Kier alpha value is -2.56. The predicted octanol–water partition coefficient (Wildman–Crippen LogP) is 3.87. The number of carbonyl (C=O) groups is 2. The Bertz CT molecular complexity index is 787. The molecule has 0 unspecified atom stereocenters. The molecular weight excluding hydrogens is 347 g/mol. The van der Waals surface area contributed by atoms with Gasteiger partial charge in [0.15, 0.2) is 0 Å². The maximum atomic E-state index is 11.7. The third kappa shape index (κ3) is 5.91. The van der Waals surface area contributed by atoms with E-state index in [1.54, 1.807) is 30.4 Å². The summed E-state index contributed by atoms with van der Waals surface area (Å²) in [6, 6.07) is 14.3. The smallest absolute Gasteiger partial charge is 0.262 e. The molecule has 0 aliphatic carbocycles. The van der Waals surface area contributed by atoms with Crippen LogP contribution in [-0.2, 0) is 9.59 Å². The van der Waals surface area contributed by atoms with Crippen LogP contribution < -0.4 is 10.9 Å². The third-order valence-corrected chi connectivity index (χ3v) is 3.65. The lowest BCUT2D eigenvalue weighted by molar-refractivity contribution is -0.123. The number of hydrogen-bond acceptors (Lipinski definition) is 2. The first kappa shape index (κ1) is 17.8. The number of carbonyl (C=O) groups excluding carboxylic acids is 2. The number of hydrazine groups is 1. The van der Waals surface area contributed by atoms with E-state index >= 15 is 0 Å². The molecule has 0 saturated heterocycles. The van der Waals surface area contributed by atoms with Crippen molar-refractivity contribution >= 4 is 47.2 Å². The molecule has 0 aromatic heterocycles. The fraction of sp³-hybridized carbons (Fsp3) is 0. The van der Waals surface area contributed by atoms with Crippen LogP contribution in [-0.4, -0.2) is 11.8 Å². The van der Waals surface area contributed by atoms with Gasteiger partial charge in [-0.1, -0.05) is 59.6 Å². The molecule has 0 aliphatic rings. The van der Waals surface area contributed by atoms with Crippen LogP contribution in [0.25, 0.3) is 12.2 Å². The average Bonchev–Trinajstić information content (AvgIpc) is 2.60.